The quantitative estimate of drug-likeness (QED) is 0.717. The number of nitrogens with one attached hydrogen (secondary N) is 3. The molecule has 1 heterocycles. The molecular weight excluding hydrogens is 316 g/mol. The van der Waals surface area contributed by atoms with Crippen molar-refractivity contribution < 1.29 is 9.59 Å². The highest BCUT2D eigenvalue weighted by Gasteiger charge is 2.07. The summed E-state index contributed by atoms with van der Waals surface area (Å²) in [5.41, 5.74) is 1.82. The van der Waals surface area contributed by atoms with Crippen LogP contribution in [-0.2, 0) is 4.79 Å². The van der Waals surface area contributed by atoms with Crippen LogP contribution in [0.25, 0.3) is 0 Å². The third-order valence-corrected chi connectivity index (χ3v) is 3.52. The van der Waals surface area contributed by atoms with Gasteiger partial charge in [0, 0.05) is 31.0 Å². The van der Waals surface area contributed by atoms with Gasteiger partial charge in [-0.15, -0.1) is 0 Å². The normalized spacial score (nSPS) is 10.4. The molecule has 0 aliphatic heterocycles. The third kappa shape index (κ3) is 6.25. The lowest BCUT2D eigenvalue weighted by molar-refractivity contribution is -0.114. The van der Waals surface area contributed by atoms with Crippen molar-refractivity contribution in [3.8, 4) is 0 Å². The van der Waals surface area contributed by atoms with Crippen LogP contribution in [0.15, 0.2) is 42.6 Å². The first-order valence-corrected chi connectivity index (χ1v) is 8.33. The predicted molar refractivity (Wildman–Crippen MR) is 101 cm³/mol. The molecule has 2 aromatic rings. The topological polar surface area (TPSA) is 83.1 Å². The molecule has 2 rings (SSSR count). The molecular formula is C19H24N4O2. The van der Waals surface area contributed by atoms with Crippen LogP contribution < -0.4 is 16.0 Å². The zero-order valence-electron chi connectivity index (χ0n) is 14.8. The maximum absolute atomic E-state index is 12.3. The number of carbonyl (C=O) groups excluding carboxylic acids is 2. The Hall–Kier alpha value is -2.89. The van der Waals surface area contributed by atoms with Gasteiger partial charge < -0.3 is 16.0 Å². The lowest BCUT2D eigenvalue weighted by atomic mass is 10.1. The van der Waals surface area contributed by atoms with Gasteiger partial charge in [0.25, 0.3) is 5.91 Å². The van der Waals surface area contributed by atoms with Gasteiger partial charge in [-0.1, -0.05) is 13.8 Å². The van der Waals surface area contributed by atoms with Crippen molar-refractivity contribution in [1.29, 1.82) is 0 Å². The highest BCUT2D eigenvalue weighted by Crippen LogP contribution is 2.15. The first kappa shape index (κ1) is 18.4. The van der Waals surface area contributed by atoms with E-state index in [1.54, 1.807) is 42.6 Å². The van der Waals surface area contributed by atoms with Crippen LogP contribution in [0.4, 0.5) is 17.2 Å². The summed E-state index contributed by atoms with van der Waals surface area (Å²) in [5, 5.41) is 8.72. The van der Waals surface area contributed by atoms with Crippen LogP contribution in [0.1, 0.15) is 37.6 Å². The van der Waals surface area contributed by atoms with Crippen LogP contribution in [0.3, 0.4) is 0 Å². The molecule has 0 bridgehead atoms. The van der Waals surface area contributed by atoms with Gasteiger partial charge >= 0.3 is 0 Å². The van der Waals surface area contributed by atoms with Crippen molar-refractivity contribution >= 4 is 29.0 Å². The molecule has 1 aromatic heterocycles. The molecule has 2 amide bonds. The molecule has 0 spiro atoms. The number of amides is 2. The van der Waals surface area contributed by atoms with Gasteiger partial charge in [0.05, 0.1) is 5.56 Å². The van der Waals surface area contributed by atoms with Crippen molar-refractivity contribution in [3.63, 3.8) is 0 Å². The van der Waals surface area contributed by atoms with E-state index in [0.29, 0.717) is 22.9 Å². The highest BCUT2D eigenvalue weighted by atomic mass is 16.2. The van der Waals surface area contributed by atoms with Gasteiger partial charge in [-0.05, 0) is 48.7 Å². The SMILES string of the molecule is CC(=O)Nc1ccc(NC(=O)c2ccc(NCCC(C)C)nc2)cc1. The Morgan fingerprint density at radius 2 is 1.64 bits per heavy atom. The van der Waals surface area contributed by atoms with E-state index in [4.69, 9.17) is 0 Å². The molecule has 0 saturated carbocycles. The molecule has 6 heteroatoms. The summed E-state index contributed by atoms with van der Waals surface area (Å²) in [7, 11) is 0. The smallest absolute Gasteiger partial charge is 0.257 e. The van der Waals surface area contributed by atoms with E-state index in [-0.39, 0.29) is 11.8 Å². The molecule has 25 heavy (non-hydrogen) atoms. The molecule has 0 aliphatic carbocycles. The number of aromatic nitrogens is 1. The number of carbonyl (C=O) groups is 2. The zero-order chi connectivity index (χ0) is 18.2. The molecule has 0 aliphatic rings. The number of hydrogen-bond donors (Lipinski definition) is 3. The number of pyridine rings is 1. The number of nitrogens with zero attached hydrogens (tertiary/aromatic N) is 1. The van der Waals surface area contributed by atoms with Crippen molar-refractivity contribution in [2.45, 2.75) is 27.2 Å². The summed E-state index contributed by atoms with van der Waals surface area (Å²) in [6.07, 6.45) is 2.62. The number of rotatable bonds is 7. The lowest BCUT2D eigenvalue weighted by Gasteiger charge is -2.09. The minimum atomic E-state index is -0.228. The maximum atomic E-state index is 12.3. The summed E-state index contributed by atoms with van der Waals surface area (Å²) in [5.74, 6) is 1.03. The fourth-order valence-electron chi connectivity index (χ4n) is 2.17. The van der Waals surface area contributed by atoms with Gasteiger partial charge in [-0.3, -0.25) is 9.59 Å². The lowest BCUT2D eigenvalue weighted by Crippen LogP contribution is -2.13. The van der Waals surface area contributed by atoms with Crippen molar-refractivity contribution in [1.82, 2.24) is 4.98 Å². The third-order valence-electron chi connectivity index (χ3n) is 3.52. The summed E-state index contributed by atoms with van der Waals surface area (Å²) < 4.78 is 0. The average Bonchev–Trinajstić information content (AvgIpc) is 2.56. The maximum Gasteiger partial charge on any atom is 0.257 e. The largest absolute Gasteiger partial charge is 0.370 e. The van der Waals surface area contributed by atoms with Gasteiger partial charge in [-0.2, -0.15) is 0 Å². The average molecular weight is 340 g/mol. The van der Waals surface area contributed by atoms with Crippen LogP contribution in [0, 0.1) is 5.92 Å². The second-order valence-corrected chi connectivity index (χ2v) is 6.25. The Morgan fingerprint density at radius 1 is 1.00 bits per heavy atom. The molecule has 0 fully saturated rings. The fourth-order valence-corrected chi connectivity index (χ4v) is 2.17. The minimum Gasteiger partial charge on any atom is -0.370 e. The Labute approximate surface area is 148 Å². The Kier molecular flexibility index (Phi) is 6.51. The molecule has 6 nitrogen and oxygen atoms in total. The van der Waals surface area contributed by atoms with E-state index in [9.17, 15) is 9.59 Å². The predicted octanol–water partition coefficient (Wildman–Crippen LogP) is 3.75. The van der Waals surface area contributed by atoms with E-state index in [0.717, 1.165) is 18.8 Å². The monoisotopic (exact) mass is 340 g/mol. The Bertz CT molecular complexity index is 709. The zero-order valence-corrected chi connectivity index (χ0v) is 14.8. The first-order valence-electron chi connectivity index (χ1n) is 8.33. The number of anilines is 3. The van der Waals surface area contributed by atoms with Gasteiger partial charge in [-0.25, -0.2) is 4.98 Å². The fraction of sp³-hybridized carbons (Fsp3) is 0.316. The second-order valence-electron chi connectivity index (χ2n) is 6.25. The molecule has 132 valence electrons. The molecule has 0 atom stereocenters. The Morgan fingerprint density at radius 3 is 2.16 bits per heavy atom. The van der Waals surface area contributed by atoms with E-state index >= 15 is 0 Å². The van der Waals surface area contributed by atoms with Gasteiger partial charge in [0.15, 0.2) is 0 Å². The number of benzene rings is 1. The van der Waals surface area contributed by atoms with Crippen molar-refractivity contribution in [2.75, 3.05) is 22.5 Å². The van der Waals surface area contributed by atoms with Crippen molar-refractivity contribution in [3.05, 3.63) is 48.2 Å². The summed E-state index contributed by atoms with van der Waals surface area (Å²) in [6.45, 7) is 6.65. The molecule has 3 N–H and O–H groups in total. The van der Waals surface area contributed by atoms with Crippen LogP contribution in [0.5, 0.6) is 0 Å². The standard InChI is InChI=1S/C19H24N4O2/c1-13(2)10-11-20-18-9-4-15(12-21-18)19(25)23-17-7-5-16(6-8-17)22-14(3)24/h4-9,12-13H,10-11H2,1-3H3,(H,20,21)(H,22,24)(H,23,25). The minimum absolute atomic E-state index is 0.134. The highest BCUT2D eigenvalue weighted by molar-refractivity contribution is 6.04. The van der Waals surface area contributed by atoms with E-state index in [1.165, 1.54) is 6.92 Å². The first-order chi connectivity index (χ1) is 11.9. The van der Waals surface area contributed by atoms with E-state index < -0.39 is 0 Å². The van der Waals surface area contributed by atoms with E-state index in [1.807, 2.05) is 0 Å². The summed E-state index contributed by atoms with van der Waals surface area (Å²) in [6, 6.07) is 10.5. The number of hydrogen-bond acceptors (Lipinski definition) is 4. The van der Waals surface area contributed by atoms with Crippen LogP contribution in [-0.4, -0.2) is 23.3 Å². The Balaban J connectivity index is 1.90. The van der Waals surface area contributed by atoms with E-state index in [2.05, 4.69) is 34.8 Å². The second kappa shape index (κ2) is 8.82. The summed E-state index contributed by atoms with van der Waals surface area (Å²) >= 11 is 0. The molecule has 1 aromatic carbocycles. The molecule has 0 radical (unpaired) electrons. The summed E-state index contributed by atoms with van der Waals surface area (Å²) in [4.78, 5) is 27.5. The van der Waals surface area contributed by atoms with Gasteiger partial charge in [0.1, 0.15) is 5.82 Å². The van der Waals surface area contributed by atoms with Gasteiger partial charge in [0.2, 0.25) is 5.91 Å². The van der Waals surface area contributed by atoms with Crippen LogP contribution in [0.2, 0.25) is 0 Å². The molecule has 0 saturated heterocycles. The molecule has 0 unspecified atom stereocenters. The van der Waals surface area contributed by atoms with Crippen LogP contribution >= 0.6 is 0 Å². The van der Waals surface area contributed by atoms with Crippen molar-refractivity contribution in [2.24, 2.45) is 5.92 Å².